The lowest BCUT2D eigenvalue weighted by molar-refractivity contribution is -0.0214. The van der Waals surface area contributed by atoms with Crippen LogP contribution in [0, 0.1) is 5.41 Å². The maximum atomic E-state index is 12.5. The number of rotatable bonds is 10. The van der Waals surface area contributed by atoms with E-state index in [1.54, 1.807) is 24.3 Å². The molecule has 8 nitrogen and oxygen atoms in total. The van der Waals surface area contributed by atoms with Crippen molar-refractivity contribution in [1.29, 1.82) is 0 Å². The fourth-order valence-corrected chi connectivity index (χ4v) is 4.91. The molecule has 0 aliphatic carbocycles. The Labute approximate surface area is 184 Å². The molecule has 0 aliphatic heterocycles. The summed E-state index contributed by atoms with van der Waals surface area (Å²) in [7, 11) is -8.50. The quantitative estimate of drug-likeness (QED) is 0.319. The molecule has 0 aromatic heterocycles. The maximum absolute atomic E-state index is 12.5. The lowest BCUT2D eigenvalue weighted by atomic mass is 9.93. The Morgan fingerprint density at radius 1 is 0.724 bits per heavy atom. The van der Waals surface area contributed by atoms with Crippen LogP contribution in [0.3, 0.4) is 0 Å². The lowest BCUT2D eigenvalue weighted by Gasteiger charge is -2.30. The van der Waals surface area contributed by atoms with Crippen LogP contribution in [0.25, 0.3) is 0 Å². The van der Waals surface area contributed by atoms with Gasteiger partial charge in [0.1, 0.15) is 0 Å². The van der Waals surface area contributed by atoms with Gasteiger partial charge in [-0.25, -0.2) is 0 Å². The van der Waals surface area contributed by atoms with E-state index < -0.39 is 47.0 Å². The van der Waals surface area contributed by atoms with Crippen molar-refractivity contribution in [2.75, 3.05) is 26.4 Å². The third kappa shape index (κ3) is 6.80. The molecule has 2 atom stereocenters. The van der Waals surface area contributed by atoms with E-state index in [1.807, 2.05) is 0 Å². The van der Waals surface area contributed by atoms with E-state index in [2.05, 4.69) is 31.9 Å². The zero-order chi connectivity index (χ0) is 21.7. The van der Waals surface area contributed by atoms with Crippen molar-refractivity contribution in [3.63, 3.8) is 0 Å². The Morgan fingerprint density at radius 2 is 1.03 bits per heavy atom. The molecule has 0 aliphatic rings. The largest absolute Gasteiger partial charge is 0.396 e. The highest BCUT2D eigenvalue weighted by molar-refractivity contribution is 9.10. The molecule has 0 heterocycles. The number of hydrogen-bond acceptors (Lipinski definition) is 6. The SMILES string of the molecule is O=P(O)(OCC(CO)(CO)COP(=O)(O)c1ccc(Br)cc1)c1ccc(Br)cc1. The van der Waals surface area contributed by atoms with Crippen molar-refractivity contribution in [3.8, 4) is 0 Å². The van der Waals surface area contributed by atoms with E-state index in [9.17, 15) is 29.1 Å². The summed E-state index contributed by atoms with van der Waals surface area (Å²) >= 11 is 6.44. The fraction of sp³-hybridized carbons (Fsp3) is 0.294. The highest BCUT2D eigenvalue weighted by Gasteiger charge is 2.37. The molecule has 2 unspecified atom stereocenters. The Balaban J connectivity index is 2.10. The van der Waals surface area contributed by atoms with Crippen molar-refractivity contribution in [1.82, 2.24) is 0 Å². The molecule has 0 amide bonds. The minimum Gasteiger partial charge on any atom is -0.396 e. The van der Waals surface area contributed by atoms with Crippen molar-refractivity contribution in [2.24, 2.45) is 5.41 Å². The average molecular weight is 574 g/mol. The van der Waals surface area contributed by atoms with E-state index in [0.717, 1.165) is 0 Å². The average Bonchev–Trinajstić information content (AvgIpc) is 2.69. The van der Waals surface area contributed by atoms with E-state index >= 15 is 0 Å². The molecule has 160 valence electrons. The summed E-state index contributed by atoms with van der Waals surface area (Å²) < 4.78 is 36.6. The Kier molecular flexibility index (Phi) is 8.83. The van der Waals surface area contributed by atoms with Crippen LogP contribution in [0.4, 0.5) is 0 Å². The second kappa shape index (κ2) is 10.3. The second-order valence-corrected chi connectivity index (χ2v) is 11.8. The van der Waals surface area contributed by atoms with Gasteiger partial charge in [-0.05, 0) is 48.5 Å². The van der Waals surface area contributed by atoms with E-state index in [1.165, 1.54) is 24.3 Å². The topological polar surface area (TPSA) is 134 Å². The molecule has 2 aromatic carbocycles. The van der Waals surface area contributed by atoms with Gasteiger partial charge < -0.3 is 29.0 Å². The first-order valence-electron chi connectivity index (χ1n) is 8.22. The minimum absolute atomic E-state index is 0.0223. The van der Waals surface area contributed by atoms with Gasteiger partial charge in [-0.2, -0.15) is 0 Å². The summed E-state index contributed by atoms with van der Waals surface area (Å²) in [6.45, 7) is -2.57. The van der Waals surface area contributed by atoms with Crippen LogP contribution in [-0.4, -0.2) is 46.4 Å². The van der Waals surface area contributed by atoms with E-state index in [-0.39, 0.29) is 10.6 Å². The molecule has 4 N–H and O–H groups in total. The van der Waals surface area contributed by atoms with Crippen LogP contribution >= 0.6 is 47.1 Å². The summed E-state index contributed by atoms with van der Waals surface area (Å²) in [4.78, 5) is 20.3. The summed E-state index contributed by atoms with van der Waals surface area (Å²) in [6.07, 6.45) is 0. The van der Waals surface area contributed by atoms with Gasteiger partial charge in [-0.15, -0.1) is 0 Å². The van der Waals surface area contributed by atoms with Crippen LogP contribution in [-0.2, 0) is 18.2 Å². The Hall–Kier alpha value is -0.380. The Morgan fingerprint density at radius 3 is 1.31 bits per heavy atom. The first-order chi connectivity index (χ1) is 13.5. The molecule has 0 radical (unpaired) electrons. The number of benzene rings is 2. The summed E-state index contributed by atoms with van der Waals surface area (Å²) in [5, 5.41) is 19.5. The van der Waals surface area contributed by atoms with Crippen LogP contribution in [0.5, 0.6) is 0 Å². The number of aliphatic hydroxyl groups excluding tert-OH is 2. The molecular formula is C17H20Br2O8P2. The summed E-state index contributed by atoms with van der Waals surface area (Å²) in [6, 6.07) is 11.9. The van der Waals surface area contributed by atoms with Gasteiger partial charge in [-0.1, -0.05) is 31.9 Å². The number of aliphatic hydroxyl groups is 2. The van der Waals surface area contributed by atoms with Gasteiger partial charge in [0.2, 0.25) is 0 Å². The van der Waals surface area contributed by atoms with Crippen molar-refractivity contribution < 1.29 is 38.2 Å². The minimum atomic E-state index is -4.25. The van der Waals surface area contributed by atoms with E-state index in [4.69, 9.17) is 9.05 Å². The Bertz CT molecular complexity index is 829. The zero-order valence-electron chi connectivity index (χ0n) is 15.0. The highest BCUT2D eigenvalue weighted by atomic mass is 79.9. The van der Waals surface area contributed by atoms with Gasteiger partial charge in [0.25, 0.3) is 0 Å². The van der Waals surface area contributed by atoms with Gasteiger partial charge in [-0.3, -0.25) is 9.13 Å². The van der Waals surface area contributed by atoms with Crippen molar-refractivity contribution >= 4 is 57.7 Å². The molecule has 2 rings (SSSR count). The van der Waals surface area contributed by atoms with Crippen LogP contribution < -0.4 is 10.6 Å². The normalized spacial score (nSPS) is 16.2. The summed E-state index contributed by atoms with van der Waals surface area (Å²) in [5.74, 6) is 0. The predicted octanol–water partition coefficient (Wildman–Crippen LogP) is 2.54. The van der Waals surface area contributed by atoms with Gasteiger partial charge in [0, 0.05) is 8.95 Å². The zero-order valence-corrected chi connectivity index (χ0v) is 20.0. The smallest absolute Gasteiger partial charge is 0.358 e. The second-order valence-electron chi connectivity index (χ2n) is 6.36. The number of hydrogen-bond donors (Lipinski definition) is 4. The molecule has 0 saturated heterocycles. The fourth-order valence-electron chi connectivity index (χ4n) is 2.13. The molecule has 0 fully saturated rings. The number of halogens is 2. The summed E-state index contributed by atoms with van der Waals surface area (Å²) in [5.41, 5.74) is -1.57. The van der Waals surface area contributed by atoms with Gasteiger partial charge in [0.05, 0.1) is 42.5 Å². The van der Waals surface area contributed by atoms with Gasteiger partial charge >= 0.3 is 15.2 Å². The molecule has 12 heteroatoms. The lowest BCUT2D eigenvalue weighted by Crippen LogP contribution is -2.39. The first kappa shape index (κ1) is 24.9. The third-order valence-electron chi connectivity index (χ3n) is 4.07. The van der Waals surface area contributed by atoms with Crippen molar-refractivity contribution in [3.05, 3.63) is 57.5 Å². The first-order valence-corrected chi connectivity index (χ1v) is 13.0. The van der Waals surface area contributed by atoms with E-state index in [0.29, 0.717) is 8.95 Å². The molecular weight excluding hydrogens is 554 g/mol. The molecule has 0 spiro atoms. The molecule has 0 saturated carbocycles. The van der Waals surface area contributed by atoms with Crippen LogP contribution in [0.15, 0.2) is 57.5 Å². The molecule has 29 heavy (non-hydrogen) atoms. The predicted molar refractivity (Wildman–Crippen MR) is 116 cm³/mol. The monoisotopic (exact) mass is 572 g/mol. The molecule has 2 aromatic rings. The third-order valence-corrected chi connectivity index (χ3v) is 7.99. The maximum Gasteiger partial charge on any atom is 0.358 e. The van der Waals surface area contributed by atoms with Crippen LogP contribution in [0.1, 0.15) is 0 Å². The molecule has 0 bridgehead atoms. The highest BCUT2D eigenvalue weighted by Crippen LogP contribution is 2.45. The van der Waals surface area contributed by atoms with Crippen molar-refractivity contribution in [2.45, 2.75) is 0 Å². The standard InChI is InChI=1S/C17H20Br2O8P2/c18-13-1-5-15(6-2-13)28(22,23)26-11-17(9-20,10-21)12-27-29(24,25)16-7-3-14(19)4-8-16/h1-8,20-21H,9-12H2,(H,22,23)(H,24,25). The van der Waals surface area contributed by atoms with Gasteiger partial charge in [0.15, 0.2) is 0 Å². The van der Waals surface area contributed by atoms with Crippen LogP contribution in [0.2, 0.25) is 0 Å².